The normalized spacial score (nSPS) is 24.0. The molecule has 106 valence electrons. The van der Waals surface area contributed by atoms with E-state index in [1.807, 2.05) is 6.92 Å². The number of aromatic hydroxyl groups is 2. The molecule has 1 aromatic rings. The Kier molecular flexibility index (Phi) is 4.07. The van der Waals surface area contributed by atoms with Crippen molar-refractivity contribution in [3.63, 3.8) is 0 Å². The van der Waals surface area contributed by atoms with Crippen molar-refractivity contribution in [3.05, 3.63) is 22.8 Å². The lowest BCUT2D eigenvalue weighted by atomic mass is 9.71. The topological polar surface area (TPSA) is 40.5 Å². The van der Waals surface area contributed by atoms with Gasteiger partial charge in [0.2, 0.25) is 0 Å². The highest BCUT2D eigenvalue weighted by Crippen LogP contribution is 2.50. The number of phenols is 2. The Bertz CT molecular complexity index is 465. The van der Waals surface area contributed by atoms with Gasteiger partial charge in [0.05, 0.1) is 0 Å². The van der Waals surface area contributed by atoms with Gasteiger partial charge in [-0.1, -0.05) is 39.7 Å². The Hall–Kier alpha value is -1.18. The summed E-state index contributed by atoms with van der Waals surface area (Å²) in [4.78, 5) is 0. The smallest absolute Gasteiger partial charge is 0.161 e. The zero-order valence-corrected chi connectivity index (χ0v) is 12.5. The molecule has 0 amide bonds. The summed E-state index contributed by atoms with van der Waals surface area (Å²) in [6.45, 7) is 8.56. The predicted octanol–water partition coefficient (Wildman–Crippen LogP) is 4.82. The largest absolute Gasteiger partial charge is 0.504 e. The Labute approximate surface area is 116 Å². The fourth-order valence-corrected chi connectivity index (χ4v) is 3.63. The zero-order chi connectivity index (χ0) is 14.2. The number of phenolic OH excluding ortho intramolecular Hbond substituents is 2. The third-order valence-corrected chi connectivity index (χ3v) is 4.77. The molecular weight excluding hydrogens is 236 g/mol. The molecule has 0 fully saturated rings. The highest BCUT2D eigenvalue weighted by Gasteiger charge is 2.31. The first kappa shape index (κ1) is 14.2. The van der Waals surface area contributed by atoms with E-state index in [0.29, 0.717) is 17.8 Å². The van der Waals surface area contributed by atoms with Gasteiger partial charge in [-0.2, -0.15) is 0 Å². The molecule has 0 saturated carbocycles. The van der Waals surface area contributed by atoms with E-state index < -0.39 is 0 Å². The summed E-state index contributed by atoms with van der Waals surface area (Å²) < 4.78 is 0. The minimum absolute atomic E-state index is 0.0643. The van der Waals surface area contributed by atoms with Crippen LogP contribution in [0.15, 0.2) is 6.07 Å². The molecule has 1 aliphatic carbocycles. The highest BCUT2D eigenvalue weighted by atomic mass is 16.3. The second-order valence-electron chi connectivity index (χ2n) is 6.24. The standard InChI is InChI=1S/C17H26O2/c1-5-6-10(2)13-8-7-11(3)15-14(13)9-12(4)16(18)17(15)19/h9-11,13,18-19H,5-8H2,1-4H3/t10-,11-,13+/m0/s1. The molecule has 0 radical (unpaired) electrons. The van der Waals surface area contributed by atoms with Crippen LogP contribution in [0.4, 0.5) is 0 Å². The van der Waals surface area contributed by atoms with Crippen LogP contribution in [0.5, 0.6) is 11.5 Å². The SMILES string of the molecule is CCC[C@H](C)[C@H]1CC[C@H](C)c2c1cc(C)c(O)c2O. The van der Waals surface area contributed by atoms with Gasteiger partial charge < -0.3 is 10.2 Å². The van der Waals surface area contributed by atoms with Crippen LogP contribution in [-0.4, -0.2) is 10.2 Å². The molecule has 0 aromatic heterocycles. The molecular formula is C17H26O2. The van der Waals surface area contributed by atoms with Crippen molar-refractivity contribution in [1.82, 2.24) is 0 Å². The van der Waals surface area contributed by atoms with Crippen molar-refractivity contribution in [1.29, 1.82) is 0 Å². The summed E-state index contributed by atoms with van der Waals surface area (Å²) in [5.41, 5.74) is 3.05. The van der Waals surface area contributed by atoms with Gasteiger partial charge in [0, 0.05) is 5.56 Å². The first-order valence-electron chi connectivity index (χ1n) is 7.52. The lowest BCUT2D eigenvalue weighted by Gasteiger charge is -2.34. The predicted molar refractivity (Wildman–Crippen MR) is 79.0 cm³/mol. The number of hydrogen-bond donors (Lipinski definition) is 2. The van der Waals surface area contributed by atoms with Crippen molar-refractivity contribution >= 4 is 0 Å². The van der Waals surface area contributed by atoms with E-state index in [-0.39, 0.29) is 11.5 Å². The van der Waals surface area contributed by atoms with Crippen LogP contribution >= 0.6 is 0 Å². The Balaban J connectivity index is 2.50. The maximum Gasteiger partial charge on any atom is 0.161 e. The average Bonchev–Trinajstić information content (AvgIpc) is 2.36. The number of benzene rings is 1. The molecule has 19 heavy (non-hydrogen) atoms. The van der Waals surface area contributed by atoms with Crippen molar-refractivity contribution < 1.29 is 10.2 Å². The molecule has 3 atom stereocenters. The number of aryl methyl sites for hydroxylation is 1. The van der Waals surface area contributed by atoms with Gasteiger partial charge in [-0.15, -0.1) is 0 Å². The molecule has 0 unspecified atom stereocenters. The van der Waals surface area contributed by atoms with Gasteiger partial charge in [0.25, 0.3) is 0 Å². The maximum atomic E-state index is 10.3. The molecule has 2 nitrogen and oxygen atoms in total. The second-order valence-corrected chi connectivity index (χ2v) is 6.24. The Morgan fingerprint density at radius 1 is 1.26 bits per heavy atom. The Morgan fingerprint density at radius 2 is 1.95 bits per heavy atom. The molecule has 0 saturated heterocycles. The van der Waals surface area contributed by atoms with Gasteiger partial charge in [0.15, 0.2) is 11.5 Å². The quantitative estimate of drug-likeness (QED) is 0.766. The molecule has 2 heteroatoms. The average molecular weight is 262 g/mol. The summed E-state index contributed by atoms with van der Waals surface area (Å²) in [6.07, 6.45) is 4.71. The van der Waals surface area contributed by atoms with Crippen LogP contribution in [-0.2, 0) is 0 Å². The van der Waals surface area contributed by atoms with Crippen molar-refractivity contribution in [2.75, 3.05) is 0 Å². The van der Waals surface area contributed by atoms with Gasteiger partial charge >= 0.3 is 0 Å². The van der Waals surface area contributed by atoms with Crippen LogP contribution in [0, 0.1) is 12.8 Å². The zero-order valence-electron chi connectivity index (χ0n) is 12.5. The number of rotatable bonds is 3. The molecule has 2 N–H and O–H groups in total. The summed E-state index contributed by atoms with van der Waals surface area (Å²) in [5.74, 6) is 1.69. The van der Waals surface area contributed by atoms with Gasteiger partial charge in [-0.3, -0.25) is 0 Å². The number of hydrogen-bond acceptors (Lipinski definition) is 2. The van der Waals surface area contributed by atoms with Gasteiger partial charge in [-0.25, -0.2) is 0 Å². The van der Waals surface area contributed by atoms with E-state index in [1.54, 1.807) is 0 Å². The molecule has 1 aliphatic rings. The molecule has 0 spiro atoms. The maximum absolute atomic E-state index is 10.3. The van der Waals surface area contributed by atoms with E-state index in [4.69, 9.17) is 0 Å². The van der Waals surface area contributed by atoms with Crippen LogP contribution < -0.4 is 0 Å². The van der Waals surface area contributed by atoms with E-state index in [9.17, 15) is 10.2 Å². The molecule has 0 aliphatic heterocycles. The van der Waals surface area contributed by atoms with E-state index in [1.165, 1.54) is 24.8 Å². The summed E-state index contributed by atoms with van der Waals surface area (Å²) in [5, 5.41) is 20.2. The minimum Gasteiger partial charge on any atom is -0.504 e. The summed E-state index contributed by atoms with van der Waals surface area (Å²) in [7, 11) is 0. The van der Waals surface area contributed by atoms with Crippen molar-refractivity contribution in [2.45, 2.75) is 65.2 Å². The van der Waals surface area contributed by atoms with E-state index in [0.717, 1.165) is 17.5 Å². The monoisotopic (exact) mass is 262 g/mol. The third kappa shape index (κ3) is 2.45. The highest BCUT2D eigenvalue weighted by molar-refractivity contribution is 5.56. The summed E-state index contributed by atoms with van der Waals surface area (Å²) in [6, 6.07) is 2.09. The lowest BCUT2D eigenvalue weighted by Crippen LogP contribution is -2.19. The van der Waals surface area contributed by atoms with E-state index >= 15 is 0 Å². The first-order chi connectivity index (χ1) is 8.97. The molecule has 2 rings (SSSR count). The second kappa shape index (κ2) is 5.44. The van der Waals surface area contributed by atoms with Crippen LogP contribution in [0.3, 0.4) is 0 Å². The molecule has 1 aromatic carbocycles. The van der Waals surface area contributed by atoms with Crippen molar-refractivity contribution in [2.24, 2.45) is 5.92 Å². The van der Waals surface area contributed by atoms with Gasteiger partial charge in [-0.05, 0) is 48.6 Å². The van der Waals surface area contributed by atoms with E-state index in [2.05, 4.69) is 26.8 Å². The molecule has 0 bridgehead atoms. The minimum atomic E-state index is 0.0643. The lowest BCUT2D eigenvalue weighted by molar-refractivity contribution is 0.347. The fraction of sp³-hybridized carbons (Fsp3) is 0.647. The summed E-state index contributed by atoms with van der Waals surface area (Å²) >= 11 is 0. The van der Waals surface area contributed by atoms with Crippen LogP contribution in [0.2, 0.25) is 0 Å². The van der Waals surface area contributed by atoms with Crippen LogP contribution in [0.1, 0.15) is 75.0 Å². The van der Waals surface area contributed by atoms with Crippen molar-refractivity contribution in [3.8, 4) is 11.5 Å². The number of fused-ring (bicyclic) bond motifs is 1. The molecule has 0 heterocycles. The Morgan fingerprint density at radius 3 is 2.58 bits per heavy atom. The third-order valence-electron chi connectivity index (χ3n) is 4.77. The van der Waals surface area contributed by atoms with Crippen LogP contribution in [0.25, 0.3) is 0 Å². The fourth-order valence-electron chi connectivity index (χ4n) is 3.63. The first-order valence-corrected chi connectivity index (χ1v) is 7.52. The van der Waals surface area contributed by atoms with Gasteiger partial charge in [0.1, 0.15) is 0 Å².